The van der Waals surface area contributed by atoms with E-state index in [2.05, 4.69) is 29.8 Å². The predicted molar refractivity (Wildman–Crippen MR) is 48.7 cm³/mol. The van der Waals surface area contributed by atoms with Crippen molar-refractivity contribution in [3.63, 3.8) is 0 Å². The lowest BCUT2D eigenvalue weighted by molar-refractivity contribution is 0.113. The molecule has 0 heterocycles. The predicted octanol–water partition coefficient (Wildman–Crippen LogP) is 2.83. The van der Waals surface area contributed by atoms with Gasteiger partial charge in [-0.05, 0) is 19.3 Å². The summed E-state index contributed by atoms with van der Waals surface area (Å²) in [6.07, 6.45) is 1.19. The molecule has 0 saturated heterocycles. The average molecular weight is 209 g/mol. The van der Waals surface area contributed by atoms with Gasteiger partial charge in [0.05, 0.1) is 0 Å². The summed E-state index contributed by atoms with van der Waals surface area (Å²) in [7, 11) is 0. The first kappa shape index (κ1) is 10.4. The molecule has 0 saturated carbocycles. The topological polar surface area (TPSA) is 9.23 Å². The van der Waals surface area contributed by atoms with Crippen LogP contribution in [0.15, 0.2) is 0 Å². The van der Waals surface area contributed by atoms with Gasteiger partial charge in [-0.2, -0.15) is 0 Å². The molecule has 0 aliphatic rings. The molecule has 0 aromatic rings. The average Bonchev–Trinajstić information content (AvgIpc) is 1.82. The Morgan fingerprint density at radius 3 is 2.40 bits per heavy atom. The van der Waals surface area contributed by atoms with Crippen molar-refractivity contribution in [1.29, 1.82) is 0 Å². The van der Waals surface area contributed by atoms with Crippen LogP contribution < -0.4 is 0 Å². The number of rotatable bonds is 5. The lowest BCUT2D eigenvalue weighted by atomic mass is 10.1. The van der Waals surface area contributed by atoms with E-state index in [0.717, 1.165) is 13.2 Å². The Morgan fingerprint density at radius 2 is 2.00 bits per heavy atom. The molecule has 0 fully saturated rings. The molecule has 2 atom stereocenters. The summed E-state index contributed by atoms with van der Waals surface area (Å²) in [5.74, 6) is 0.675. The molecule has 0 spiro atoms. The summed E-state index contributed by atoms with van der Waals surface area (Å²) < 4.78 is 5.28. The fourth-order valence-corrected chi connectivity index (χ4v) is 1.58. The molecule has 0 aliphatic heterocycles. The molecule has 0 bridgehead atoms. The maximum atomic E-state index is 5.28. The number of alkyl halides is 1. The summed E-state index contributed by atoms with van der Waals surface area (Å²) in [6, 6.07) is 0. The van der Waals surface area contributed by atoms with Gasteiger partial charge in [-0.15, -0.1) is 0 Å². The molecular weight excluding hydrogens is 192 g/mol. The van der Waals surface area contributed by atoms with Crippen molar-refractivity contribution in [2.75, 3.05) is 13.2 Å². The lowest BCUT2D eigenvalue weighted by Gasteiger charge is -2.11. The number of hydrogen-bond donors (Lipinski definition) is 0. The Hall–Kier alpha value is 0.440. The maximum Gasteiger partial charge on any atom is 0.0491 e. The van der Waals surface area contributed by atoms with E-state index in [4.69, 9.17) is 4.74 Å². The smallest absolute Gasteiger partial charge is 0.0491 e. The summed E-state index contributed by atoms with van der Waals surface area (Å²) in [5.41, 5.74) is 0. The minimum atomic E-state index is 0.614. The molecule has 0 aromatic carbocycles. The normalized spacial score (nSPS) is 16.8. The van der Waals surface area contributed by atoms with Crippen molar-refractivity contribution in [3.8, 4) is 0 Å². The van der Waals surface area contributed by atoms with Crippen LogP contribution in [0.1, 0.15) is 27.2 Å². The third-order valence-electron chi connectivity index (χ3n) is 1.33. The Bertz CT molecular complexity index is 73.7. The molecule has 2 heteroatoms. The van der Waals surface area contributed by atoms with E-state index in [9.17, 15) is 0 Å². The van der Waals surface area contributed by atoms with Crippen LogP contribution in [0.5, 0.6) is 0 Å². The highest BCUT2D eigenvalue weighted by atomic mass is 79.9. The zero-order valence-electron chi connectivity index (χ0n) is 7.06. The second-order valence-corrected chi connectivity index (χ2v) is 4.34. The molecule has 0 radical (unpaired) electrons. The highest BCUT2D eigenvalue weighted by Crippen LogP contribution is 2.12. The van der Waals surface area contributed by atoms with Crippen molar-refractivity contribution in [2.24, 2.45) is 5.92 Å². The third kappa shape index (κ3) is 6.56. The first-order valence-electron chi connectivity index (χ1n) is 3.88. The van der Waals surface area contributed by atoms with E-state index in [-0.39, 0.29) is 0 Å². The summed E-state index contributed by atoms with van der Waals surface area (Å²) in [6.45, 7) is 8.15. The minimum absolute atomic E-state index is 0.614. The van der Waals surface area contributed by atoms with Crippen LogP contribution in [0.25, 0.3) is 0 Å². The molecule has 0 aromatic heterocycles. The van der Waals surface area contributed by atoms with Gasteiger partial charge >= 0.3 is 0 Å². The van der Waals surface area contributed by atoms with Crippen LogP contribution in [0.2, 0.25) is 0 Å². The molecule has 1 nitrogen and oxygen atoms in total. The number of ether oxygens (including phenoxy) is 1. The molecule has 62 valence electrons. The molecule has 0 rings (SSSR count). The van der Waals surface area contributed by atoms with Crippen molar-refractivity contribution < 1.29 is 4.74 Å². The first-order chi connectivity index (χ1) is 4.66. The van der Waals surface area contributed by atoms with Gasteiger partial charge in [-0.1, -0.05) is 29.8 Å². The largest absolute Gasteiger partial charge is 0.381 e. The van der Waals surface area contributed by atoms with Crippen LogP contribution in [0.4, 0.5) is 0 Å². The number of hydrogen-bond acceptors (Lipinski definition) is 1. The monoisotopic (exact) mass is 208 g/mol. The third-order valence-corrected chi connectivity index (χ3v) is 1.71. The van der Waals surface area contributed by atoms with Crippen molar-refractivity contribution in [3.05, 3.63) is 0 Å². The van der Waals surface area contributed by atoms with Crippen LogP contribution >= 0.6 is 15.9 Å². The quantitative estimate of drug-likeness (QED) is 0.632. The van der Waals surface area contributed by atoms with E-state index in [1.165, 1.54) is 6.42 Å². The lowest BCUT2D eigenvalue weighted by Crippen LogP contribution is -2.09. The van der Waals surface area contributed by atoms with Crippen LogP contribution in [0, 0.1) is 5.92 Å². The van der Waals surface area contributed by atoms with Crippen LogP contribution in [0.3, 0.4) is 0 Å². The summed E-state index contributed by atoms with van der Waals surface area (Å²) >= 11 is 3.51. The molecule has 0 N–H and O–H groups in total. The minimum Gasteiger partial charge on any atom is -0.381 e. The standard InChI is InChI=1S/C8H17BrO/c1-4-10-6-7(2)5-8(3)9/h7-8H,4-6H2,1-3H3. The Labute approximate surface area is 72.3 Å². The van der Waals surface area contributed by atoms with Crippen molar-refractivity contribution in [1.82, 2.24) is 0 Å². The second kappa shape index (κ2) is 6.17. The highest BCUT2D eigenvalue weighted by Gasteiger charge is 2.04. The van der Waals surface area contributed by atoms with Crippen LogP contribution in [-0.4, -0.2) is 18.0 Å². The highest BCUT2D eigenvalue weighted by molar-refractivity contribution is 9.09. The Morgan fingerprint density at radius 1 is 1.40 bits per heavy atom. The first-order valence-corrected chi connectivity index (χ1v) is 4.80. The Kier molecular flexibility index (Phi) is 6.44. The molecule has 0 aliphatic carbocycles. The molecule has 0 amide bonds. The molecular formula is C8H17BrO. The van der Waals surface area contributed by atoms with Crippen LogP contribution in [-0.2, 0) is 4.74 Å². The molecule has 2 unspecified atom stereocenters. The summed E-state index contributed by atoms with van der Waals surface area (Å²) in [5, 5.41) is 0. The second-order valence-electron chi connectivity index (χ2n) is 2.78. The zero-order valence-corrected chi connectivity index (χ0v) is 8.65. The van der Waals surface area contributed by atoms with E-state index in [1.807, 2.05) is 6.92 Å². The zero-order chi connectivity index (χ0) is 7.98. The van der Waals surface area contributed by atoms with Gasteiger partial charge in [0.1, 0.15) is 0 Å². The van der Waals surface area contributed by atoms with E-state index < -0.39 is 0 Å². The summed E-state index contributed by atoms with van der Waals surface area (Å²) in [4.78, 5) is 0.614. The van der Waals surface area contributed by atoms with E-state index >= 15 is 0 Å². The van der Waals surface area contributed by atoms with Gasteiger partial charge in [0.2, 0.25) is 0 Å². The van der Waals surface area contributed by atoms with Gasteiger partial charge < -0.3 is 4.74 Å². The van der Waals surface area contributed by atoms with Crippen molar-refractivity contribution in [2.45, 2.75) is 32.0 Å². The van der Waals surface area contributed by atoms with Gasteiger partial charge in [-0.25, -0.2) is 0 Å². The van der Waals surface area contributed by atoms with E-state index in [0.29, 0.717) is 10.7 Å². The SMILES string of the molecule is CCOCC(C)CC(C)Br. The van der Waals surface area contributed by atoms with Gasteiger partial charge in [0, 0.05) is 18.0 Å². The fourth-order valence-electron chi connectivity index (χ4n) is 0.942. The fraction of sp³-hybridized carbons (Fsp3) is 1.00. The van der Waals surface area contributed by atoms with Gasteiger partial charge in [-0.3, -0.25) is 0 Å². The number of halogens is 1. The van der Waals surface area contributed by atoms with E-state index in [1.54, 1.807) is 0 Å². The molecule has 10 heavy (non-hydrogen) atoms. The van der Waals surface area contributed by atoms with Crippen molar-refractivity contribution >= 4 is 15.9 Å². The van der Waals surface area contributed by atoms with Gasteiger partial charge in [0.25, 0.3) is 0 Å². The Balaban J connectivity index is 3.16. The van der Waals surface area contributed by atoms with Gasteiger partial charge in [0.15, 0.2) is 0 Å². The maximum absolute atomic E-state index is 5.28.